The molecule has 0 spiro atoms. The van der Waals surface area contributed by atoms with Crippen molar-refractivity contribution in [3.05, 3.63) is 59.2 Å². The van der Waals surface area contributed by atoms with E-state index in [4.69, 9.17) is 9.47 Å². The molecule has 2 amide bonds. The summed E-state index contributed by atoms with van der Waals surface area (Å²) in [4.78, 5) is 23.5. The Morgan fingerprint density at radius 2 is 1.56 bits per heavy atom. The predicted molar refractivity (Wildman–Crippen MR) is 104 cm³/mol. The summed E-state index contributed by atoms with van der Waals surface area (Å²) in [7, 11) is 0. The number of aryl methyl sites for hydroxylation is 3. The van der Waals surface area contributed by atoms with E-state index >= 15 is 0 Å². The van der Waals surface area contributed by atoms with Gasteiger partial charge in [-0.05, 0) is 62.1 Å². The van der Waals surface area contributed by atoms with Gasteiger partial charge in [0, 0.05) is 6.42 Å². The first kappa shape index (κ1) is 20.3. The monoisotopic (exact) mass is 370 g/mol. The molecule has 0 aliphatic carbocycles. The van der Waals surface area contributed by atoms with Gasteiger partial charge in [-0.1, -0.05) is 24.3 Å². The minimum absolute atomic E-state index is 0.167. The molecule has 0 saturated carbocycles. The molecular formula is C21H26N2O4. The zero-order valence-corrected chi connectivity index (χ0v) is 16.0. The molecule has 0 atom stereocenters. The average molecular weight is 370 g/mol. The number of ether oxygens (including phenoxy) is 2. The van der Waals surface area contributed by atoms with Crippen molar-refractivity contribution in [3.63, 3.8) is 0 Å². The van der Waals surface area contributed by atoms with Crippen LogP contribution in [0.1, 0.15) is 29.5 Å². The summed E-state index contributed by atoms with van der Waals surface area (Å²) in [5.41, 5.74) is 7.90. The molecule has 2 aromatic rings. The number of carbonyl (C=O) groups is 2. The van der Waals surface area contributed by atoms with Gasteiger partial charge >= 0.3 is 0 Å². The van der Waals surface area contributed by atoms with Crippen molar-refractivity contribution in [2.24, 2.45) is 0 Å². The Hall–Kier alpha value is -3.02. The minimum atomic E-state index is -0.418. The Morgan fingerprint density at radius 1 is 0.889 bits per heavy atom. The summed E-state index contributed by atoms with van der Waals surface area (Å²) in [5, 5.41) is 0. The Bertz CT molecular complexity index is 769. The van der Waals surface area contributed by atoms with E-state index in [1.54, 1.807) is 0 Å². The quantitative estimate of drug-likeness (QED) is 0.553. The van der Waals surface area contributed by atoms with E-state index in [2.05, 4.69) is 10.9 Å². The third-order valence-electron chi connectivity index (χ3n) is 3.81. The SMILES string of the molecule is Cc1cc(C)cc(OCC(=O)NNC(=O)CCCOc2ccccc2C)c1. The van der Waals surface area contributed by atoms with Gasteiger partial charge in [0.1, 0.15) is 11.5 Å². The van der Waals surface area contributed by atoms with Crippen LogP contribution in [0.15, 0.2) is 42.5 Å². The minimum Gasteiger partial charge on any atom is -0.493 e. The van der Waals surface area contributed by atoms with Crippen LogP contribution in [0.3, 0.4) is 0 Å². The molecule has 0 aromatic heterocycles. The van der Waals surface area contributed by atoms with Crippen molar-refractivity contribution in [3.8, 4) is 11.5 Å². The highest BCUT2D eigenvalue weighted by Gasteiger charge is 2.07. The van der Waals surface area contributed by atoms with Crippen molar-refractivity contribution in [2.45, 2.75) is 33.6 Å². The fourth-order valence-corrected chi connectivity index (χ4v) is 2.54. The van der Waals surface area contributed by atoms with Crippen LogP contribution in [0.5, 0.6) is 11.5 Å². The van der Waals surface area contributed by atoms with Gasteiger partial charge in [0.05, 0.1) is 6.61 Å². The van der Waals surface area contributed by atoms with Gasteiger partial charge in [-0.2, -0.15) is 0 Å². The molecule has 0 bridgehead atoms. The summed E-state index contributed by atoms with van der Waals surface area (Å²) < 4.78 is 11.1. The lowest BCUT2D eigenvalue weighted by atomic mass is 10.1. The fourth-order valence-electron chi connectivity index (χ4n) is 2.54. The summed E-state index contributed by atoms with van der Waals surface area (Å²) in [6, 6.07) is 13.5. The van der Waals surface area contributed by atoms with Crippen molar-refractivity contribution < 1.29 is 19.1 Å². The maximum Gasteiger partial charge on any atom is 0.276 e. The number of hydrogen-bond donors (Lipinski definition) is 2. The summed E-state index contributed by atoms with van der Waals surface area (Å²) in [6.07, 6.45) is 0.805. The predicted octanol–water partition coefficient (Wildman–Crippen LogP) is 3.00. The summed E-state index contributed by atoms with van der Waals surface area (Å²) in [5.74, 6) is 0.749. The maximum absolute atomic E-state index is 11.8. The third-order valence-corrected chi connectivity index (χ3v) is 3.81. The number of para-hydroxylation sites is 1. The number of amides is 2. The van der Waals surface area contributed by atoms with Crippen LogP contribution in [0, 0.1) is 20.8 Å². The van der Waals surface area contributed by atoms with E-state index in [0.29, 0.717) is 18.8 Å². The van der Waals surface area contributed by atoms with Gasteiger partial charge in [0.25, 0.3) is 5.91 Å². The van der Waals surface area contributed by atoms with Gasteiger partial charge in [-0.25, -0.2) is 0 Å². The maximum atomic E-state index is 11.8. The second-order valence-corrected chi connectivity index (χ2v) is 6.43. The first-order valence-electron chi connectivity index (χ1n) is 8.91. The zero-order valence-electron chi connectivity index (χ0n) is 16.0. The number of hydrazine groups is 1. The molecule has 0 radical (unpaired) electrons. The Morgan fingerprint density at radius 3 is 2.26 bits per heavy atom. The third kappa shape index (κ3) is 7.40. The Balaban J connectivity index is 1.60. The molecule has 144 valence electrons. The van der Waals surface area contributed by atoms with E-state index in [1.807, 2.05) is 63.2 Å². The Kier molecular flexibility index (Phi) is 7.67. The van der Waals surface area contributed by atoms with E-state index in [-0.39, 0.29) is 18.9 Å². The first-order valence-corrected chi connectivity index (χ1v) is 8.91. The lowest BCUT2D eigenvalue weighted by molar-refractivity contribution is -0.130. The molecule has 0 aliphatic heterocycles. The van der Waals surface area contributed by atoms with Gasteiger partial charge in [0.15, 0.2) is 6.61 Å². The number of carbonyl (C=O) groups excluding carboxylic acids is 2. The van der Waals surface area contributed by atoms with Crippen molar-refractivity contribution in [1.29, 1.82) is 0 Å². The van der Waals surface area contributed by atoms with Gasteiger partial charge < -0.3 is 9.47 Å². The van der Waals surface area contributed by atoms with Gasteiger partial charge in [0.2, 0.25) is 5.91 Å². The number of benzene rings is 2. The lowest BCUT2D eigenvalue weighted by Gasteiger charge is -2.10. The highest BCUT2D eigenvalue weighted by Crippen LogP contribution is 2.17. The number of rotatable bonds is 8. The number of hydrogen-bond acceptors (Lipinski definition) is 4. The molecule has 2 rings (SSSR count). The van der Waals surface area contributed by atoms with Crippen LogP contribution in [0.2, 0.25) is 0 Å². The van der Waals surface area contributed by atoms with Crippen LogP contribution < -0.4 is 20.3 Å². The van der Waals surface area contributed by atoms with E-state index in [9.17, 15) is 9.59 Å². The van der Waals surface area contributed by atoms with E-state index in [1.165, 1.54) is 0 Å². The van der Waals surface area contributed by atoms with Gasteiger partial charge in [-0.3, -0.25) is 20.4 Å². The molecular weight excluding hydrogens is 344 g/mol. The second kappa shape index (κ2) is 10.2. The second-order valence-electron chi connectivity index (χ2n) is 6.43. The molecule has 6 nitrogen and oxygen atoms in total. The standard InChI is InChI=1S/C21H26N2O4/c1-15-11-16(2)13-18(12-15)27-14-21(25)23-22-20(24)9-6-10-26-19-8-5-4-7-17(19)3/h4-5,7-8,11-13H,6,9-10,14H2,1-3H3,(H,22,24)(H,23,25). The average Bonchev–Trinajstić information content (AvgIpc) is 2.62. The van der Waals surface area contributed by atoms with E-state index < -0.39 is 5.91 Å². The van der Waals surface area contributed by atoms with Crippen LogP contribution in [-0.4, -0.2) is 25.0 Å². The molecule has 6 heteroatoms. The van der Waals surface area contributed by atoms with Crippen molar-refractivity contribution >= 4 is 11.8 Å². The topological polar surface area (TPSA) is 76.7 Å². The smallest absolute Gasteiger partial charge is 0.276 e. The van der Waals surface area contributed by atoms with Crippen LogP contribution in [0.25, 0.3) is 0 Å². The molecule has 27 heavy (non-hydrogen) atoms. The largest absolute Gasteiger partial charge is 0.493 e. The number of nitrogens with one attached hydrogen (secondary N) is 2. The zero-order chi connectivity index (χ0) is 19.6. The molecule has 0 saturated heterocycles. The summed E-state index contributed by atoms with van der Waals surface area (Å²) >= 11 is 0. The van der Waals surface area contributed by atoms with Crippen molar-refractivity contribution in [2.75, 3.05) is 13.2 Å². The molecule has 0 heterocycles. The van der Waals surface area contributed by atoms with Crippen LogP contribution in [-0.2, 0) is 9.59 Å². The van der Waals surface area contributed by atoms with Crippen LogP contribution in [0.4, 0.5) is 0 Å². The highest BCUT2D eigenvalue weighted by molar-refractivity contribution is 5.82. The highest BCUT2D eigenvalue weighted by atomic mass is 16.5. The Labute approximate surface area is 159 Å². The van der Waals surface area contributed by atoms with E-state index in [0.717, 1.165) is 22.4 Å². The molecule has 0 unspecified atom stereocenters. The first-order chi connectivity index (χ1) is 12.9. The molecule has 2 aromatic carbocycles. The lowest BCUT2D eigenvalue weighted by Crippen LogP contribution is -2.43. The normalized spacial score (nSPS) is 10.2. The van der Waals surface area contributed by atoms with Crippen LogP contribution >= 0.6 is 0 Å². The van der Waals surface area contributed by atoms with Crippen molar-refractivity contribution in [1.82, 2.24) is 10.9 Å². The molecule has 0 aliphatic rings. The molecule has 2 N–H and O–H groups in total. The summed E-state index contributed by atoms with van der Waals surface area (Å²) in [6.45, 7) is 6.16. The fraction of sp³-hybridized carbons (Fsp3) is 0.333. The molecule has 0 fully saturated rings. The van der Waals surface area contributed by atoms with Gasteiger partial charge in [-0.15, -0.1) is 0 Å².